The topological polar surface area (TPSA) is 46.2 Å². The van der Waals surface area contributed by atoms with Gasteiger partial charge in [0.1, 0.15) is 0 Å². The molecular weight excluding hydrogens is 261 g/mol. The van der Waals surface area contributed by atoms with Gasteiger partial charge in [0.15, 0.2) is 5.78 Å². The predicted molar refractivity (Wildman–Crippen MR) is 68.2 cm³/mol. The molecule has 0 spiro atoms. The quantitative estimate of drug-likeness (QED) is 0.664. The van der Waals surface area contributed by atoms with E-state index in [1.807, 2.05) is 0 Å². The first-order valence-electron chi connectivity index (χ1n) is 5.22. The van der Waals surface area contributed by atoms with Crippen LogP contribution in [0.25, 0.3) is 0 Å². The third-order valence-electron chi connectivity index (χ3n) is 2.82. The number of carbonyl (C=O) groups excluding carboxylic acids is 2. The Morgan fingerprint density at radius 2 is 2.18 bits per heavy atom. The number of benzene rings is 1. The number of Topliss-reactive ketones (excluding diaryl/α,β-unsaturated/α-hetero) is 1. The van der Waals surface area contributed by atoms with Crippen molar-refractivity contribution in [2.45, 2.75) is 25.6 Å². The molecule has 0 bridgehead atoms. The zero-order chi connectivity index (χ0) is 12.7. The lowest BCUT2D eigenvalue weighted by molar-refractivity contribution is -0.115. The second-order valence-corrected chi connectivity index (χ2v) is 5.14. The number of rotatable bonds is 2. The number of amides is 1. The number of halogens is 2. The van der Waals surface area contributed by atoms with Crippen molar-refractivity contribution in [3.05, 3.63) is 27.8 Å². The molecular formula is C12H11Cl2NO2. The van der Waals surface area contributed by atoms with Crippen molar-refractivity contribution in [3.8, 4) is 0 Å². The van der Waals surface area contributed by atoms with Crippen LogP contribution >= 0.6 is 23.2 Å². The molecule has 0 fully saturated rings. The van der Waals surface area contributed by atoms with E-state index in [1.165, 1.54) is 0 Å². The minimum absolute atomic E-state index is 0.0808. The molecule has 17 heavy (non-hydrogen) atoms. The lowest BCUT2D eigenvalue weighted by Gasteiger charge is -2.11. The highest BCUT2D eigenvalue weighted by molar-refractivity contribution is 6.39. The molecule has 1 unspecified atom stereocenters. The first-order valence-corrected chi connectivity index (χ1v) is 6.03. The van der Waals surface area contributed by atoms with Gasteiger partial charge in [0, 0.05) is 11.3 Å². The molecule has 1 atom stereocenters. The van der Waals surface area contributed by atoms with Gasteiger partial charge in [-0.3, -0.25) is 9.59 Å². The monoisotopic (exact) mass is 271 g/mol. The summed E-state index contributed by atoms with van der Waals surface area (Å²) in [5.74, 6) is -0.301. The zero-order valence-electron chi connectivity index (χ0n) is 9.43. The van der Waals surface area contributed by atoms with E-state index in [9.17, 15) is 9.59 Å². The summed E-state index contributed by atoms with van der Waals surface area (Å²) in [6, 6.07) is 1.66. The molecule has 3 nitrogen and oxygen atoms in total. The van der Waals surface area contributed by atoms with Gasteiger partial charge in [0.25, 0.3) is 0 Å². The van der Waals surface area contributed by atoms with Crippen LogP contribution < -0.4 is 5.32 Å². The molecule has 1 aliphatic heterocycles. The minimum atomic E-state index is -0.630. The Kier molecular flexibility index (Phi) is 3.15. The number of anilines is 1. The number of ketones is 1. The SMILES string of the molecule is Cc1c(Cl)c(C(=O)C(C)Cl)cc2c1NC(=O)C2. The standard InChI is InChI=1S/C12H11Cl2NO2/c1-5-10(14)8(12(17)6(2)13)3-7-4-9(16)15-11(5)7/h3,6H,4H2,1-2H3,(H,15,16). The fraction of sp³-hybridized carbons (Fsp3) is 0.333. The van der Waals surface area contributed by atoms with E-state index in [0.29, 0.717) is 10.6 Å². The second kappa shape index (κ2) is 4.31. The number of fused-ring (bicyclic) bond motifs is 1. The van der Waals surface area contributed by atoms with E-state index in [1.54, 1.807) is 19.9 Å². The van der Waals surface area contributed by atoms with Crippen LogP contribution in [0.5, 0.6) is 0 Å². The van der Waals surface area contributed by atoms with Crippen molar-refractivity contribution in [2.24, 2.45) is 0 Å². The summed E-state index contributed by atoms with van der Waals surface area (Å²) in [4.78, 5) is 23.2. The van der Waals surface area contributed by atoms with Gasteiger partial charge in [-0.05, 0) is 31.0 Å². The molecule has 0 radical (unpaired) electrons. The molecule has 2 rings (SSSR count). The molecule has 5 heteroatoms. The van der Waals surface area contributed by atoms with Crippen LogP contribution in [0.2, 0.25) is 5.02 Å². The Labute approximate surface area is 109 Å². The predicted octanol–water partition coefficient (Wildman–Crippen LogP) is 2.95. The van der Waals surface area contributed by atoms with Crippen LogP contribution in [-0.4, -0.2) is 17.1 Å². The summed E-state index contributed by atoms with van der Waals surface area (Å²) in [6.07, 6.45) is 0.282. The zero-order valence-corrected chi connectivity index (χ0v) is 10.9. The molecule has 1 aromatic carbocycles. The summed E-state index contributed by atoms with van der Waals surface area (Å²) in [5, 5.41) is 2.47. The minimum Gasteiger partial charge on any atom is -0.325 e. The first kappa shape index (κ1) is 12.4. The Bertz CT molecular complexity index is 524. The molecule has 1 aliphatic rings. The summed E-state index contributed by atoms with van der Waals surface area (Å²) >= 11 is 11.9. The van der Waals surface area contributed by atoms with Gasteiger partial charge in [-0.2, -0.15) is 0 Å². The van der Waals surface area contributed by atoms with Gasteiger partial charge in [-0.1, -0.05) is 11.6 Å². The smallest absolute Gasteiger partial charge is 0.228 e. The van der Waals surface area contributed by atoms with Crippen molar-refractivity contribution < 1.29 is 9.59 Å². The van der Waals surface area contributed by atoms with Gasteiger partial charge in [-0.15, -0.1) is 11.6 Å². The maximum absolute atomic E-state index is 11.9. The normalized spacial score (nSPS) is 15.4. The summed E-state index contributed by atoms with van der Waals surface area (Å²) in [5.41, 5.74) is 2.63. The van der Waals surface area contributed by atoms with Gasteiger partial charge in [0.05, 0.1) is 16.8 Å². The van der Waals surface area contributed by atoms with Crippen LogP contribution in [0.3, 0.4) is 0 Å². The number of carbonyl (C=O) groups is 2. The largest absolute Gasteiger partial charge is 0.325 e. The third-order valence-corrected chi connectivity index (χ3v) is 3.51. The van der Waals surface area contributed by atoms with Crippen LogP contribution in [0.4, 0.5) is 5.69 Å². The number of nitrogens with one attached hydrogen (secondary N) is 1. The molecule has 90 valence electrons. The lowest BCUT2D eigenvalue weighted by Crippen LogP contribution is -2.12. The average molecular weight is 272 g/mol. The molecule has 1 heterocycles. The summed E-state index contributed by atoms with van der Waals surface area (Å²) < 4.78 is 0. The Morgan fingerprint density at radius 1 is 1.53 bits per heavy atom. The van der Waals surface area contributed by atoms with Crippen LogP contribution in [0.1, 0.15) is 28.4 Å². The maximum atomic E-state index is 11.9. The fourth-order valence-corrected chi connectivity index (χ4v) is 2.29. The Morgan fingerprint density at radius 3 is 2.76 bits per heavy atom. The van der Waals surface area contributed by atoms with Gasteiger partial charge >= 0.3 is 0 Å². The van der Waals surface area contributed by atoms with Crippen molar-refractivity contribution in [1.29, 1.82) is 0 Å². The van der Waals surface area contributed by atoms with Gasteiger partial charge in [-0.25, -0.2) is 0 Å². The van der Waals surface area contributed by atoms with Crippen LogP contribution in [-0.2, 0) is 11.2 Å². The molecule has 0 saturated heterocycles. The highest BCUT2D eigenvalue weighted by atomic mass is 35.5. The molecule has 1 amide bonds. The highest BCUT2D eigenvalue weighted by Gasteiger charge is 2.26. The summed E-state index contributed by atoms with van der Waals surface area (Å²) in [7, 11) is 0. The fourth-order valence-electron chi connectivity index (χ4n) is 1.93. The van der Waals surface area contributed by atoms with E-state index in [0.717, 1.165) is 16.8 Å². The van der Waals surface area contributed by atoms with E-state index in [4.69, 9.17) is 23.2 Å². The number of hydrogen-bond donors (Lipinski definition) is 1. The molecule has 0 aromatic heterocycles. The lowest BCUT2D eigenvalue weighted by atomic mass is 10.00. The summed E-state index contributed by atoms with van der Waals surface area (Å²) in [6.45, 7) is 3.38. The van der Waals surface area contributed by atoms with E-state index >= 15 is 0 Å². The van der Waals surface area contributed by atoms with Crippen molar-refractivity contribution in [3.63, 3.8) is 0 Å². The van der Waals surface area contributed by atoms with Gasteiger partial charge < -0.3 is 5.32 Å². The Hall–Kier alpha value is -1.06. The van der Waals surface area contributed by atoms with E-state index in [2.05, 4.69) is 5.32 Å². The van der Waals surface area contributed by atoms with Crippen molar-refractivity contribution in [2.75, 3.05) is 5.32 Å². The second-order valence-electron chi connectivity index (χ2n) is 4.10. The molecule has 0 saturated carbocycles. The van der Waals surface area contributed by atoms with Crippen molar-refractivity contribution in [1.82, 2.24) is 0 Å². The third kappa shape index (κ3) is 2.05. The molecule has 1 aromatic rings. The van der Waals surface area contributed by atoms with Crippen LogP contribution in [0, 0.1) is 6.92 Å². The van der Waals surface area contributed by atoms with Gasteiger partial charge in [0.2, 0.25) is 5.91 Å². The maximum Gasteiger partial charge on any atom is 0.228 e. The number of hydrogen-bond acceptors (Lipinski definition) is 2. The van der Waals surface area contributed by atoms with Crippen LogP contribution in [0.15, 0.2) is 6.07 Å². The molecule has 1 N–H and O–H groups in total. The first-order chi connectivity index (χ1) is 7.91. The Balaban J connectivity index is 2.58. The number of alkyl halides is 1. The van der Waals surface area contributed by atoms with Crippen molar-refractivity contribution >= 4 is 40.6 Å². The average Bonchev–Trinajstić information content (AvgIpc) is 2.63. The van der Waals surface area contributed by atoms with E-state index in [-0.39, 0.29) is 18.1 Å². The molecule has 0 aliphatic carbocycles. The highest BCUT2D eigenvalue weighted by Crippen LogP contribution is 2.35. The van der Waals surface area contributed by atoms with E-state index < -0.39 is 5.38 Å².